The molecule has 5 rings (SSSR count). The Balaban J connectivity index is 1.43. The SMILES string of the molecule is CCOC(=O)c1ccc2c(c1)[C@@H]1C=CC[C@@H]1[C@H](c1cc(Br)c(OCc3ccc(Cl)cc3Cl)c(OC)c1)N2. The summed E-state index contributed by atoms with van der Waals surface area (Å²) in [5.41, 5.74) is 4.62. The minimum atomic E-state index is -0.296. The second-order valence-corrected chi connectivity index (χ2v) is 10.8. The number of methoxy groups -OCH3 is 1. The normalized spacial score (nSPS) is 19.5. The molecule has 1 aliphatic heterocycles. The summed E-state index contributed by atoms with van der Waals surface area (Å²) in [6, 6.07) is 15.2. The van der Waals surface area contributed by atoms with Crippen LogP contribution in [0.25, 0.3) is 0 Å². The quantitative estimate of drug-likeness (QED) is 0.217. The van der Waals surface area contributed by atoms with Crippen molar-refractivity contribution in [3.63, 3.8) is 0 Å². The van der Waals surface area contributed by atoms with Crippen molar-refractivity contribution in [3.8, 4) is 11.5 Å². The number of hydrogen-bond acceptors (Lipinski definition) is 5. The highest BCUT2D eigenvalue weighted by Gasteiger charge is 2.38. The molecule has 3 aromatic rings. The number of esters is 1. The number of nitrogens with one attached hydrogen (secondary N) is 1. The lowest BCUT2D eigenvalue weighted by atomic mass is 9.76. The zero-order valence-corrected chi connectivity index (χ0v) is 23.5. The van der Waals surface area contributed by atoms with Gasteiger partial charge in [0.05, 0.1) is 29.8 Å². The van der Waals surface area contributed by atoms with Gasteiger partial charge in [0, 0.05) is 27.2 Å². The number of allylic oxidation sites excluding steroid dienone is 2. The first kappa shape index (κ1) is 26.0. The Bertz CT molecular complexity index is 1380. The summed E-state index contributed by atoms with van der Waals surface area (Å²) in [4.78, 5) is 12.3. The number of carbonyl (C=O) groups is 1. The first-order valence-electron chi connectivity index (χ1n) is 12.1. The number of rotatable bonds is 7. The number of fused-ring (bicyclic) bond motifs is 3. The highest BCUT2D eigenvalue weighted by Crippen LogP contribution is 2.51. The molecule has 3 atom stereocenters. The molecule has 192 valence electrons. The van der Waals surface area contributed by atoms with Crippen molar-refractivity contribution in [2.24, 2.45) is 5.92 Å². The zero-order valence-electron chi connectivity index (χ0n) is 20.4. The van der Waals surface area contributed by atoms with Gasteiger partial charge in [-0.25, -0.2) is 4.79 Å². The largest absolute Gasteiger partial charge is 0.493 e. The maximum atomic E-state index is 12.3. The standard InChI is InChI=1S/C29H26BrCl2NO4/c1-3-36-29(34)16-8-10-25-22(11-16)20-5-4-6-21(20)27(33-25)18-12-23(30)28(26(13-18)35-2)37-15-17-7-9-19(31)14-24(17)32/h4-5,7-14,20-21,27,33H,3,6,15H2,1-2H3/t20-,21+,27+/m1/s1. The molecule has 0 fully saturated rings. The van der Waals surface area contributed by atoms with Crippen molar-refractivity contribution < 1.29 is 19.0 Å². The fourth-order valence-electron chi connectivity index (χ4n) is 5.11. The average Bonchev–Trinajstić information content (AvgIpc) is 3.38. The molecule has 0 bridgehead atoms. The number of benzene rings is 3. The first-order valence-corrected chi connectivity index (χ1v) is 13.6. The fraction of sp³-hybridized carbons (Fsp3) is 0.276. The van der Waals surface area contributed by atoms with Gasteiger partial charge >= 0.3 is 5.97 Å². The minimum absolute atomic E-state index is 0.0471. The van der Waals surface area contributed by atoms with Crippen molar-refractivity contribution in [2.75, 3.05) is 19.0 Å². The molecular formula is C29H26BrCl2NO4. The molecule has 0 unspecified atom stereocenters. The van der Waals surface area contributed by atoms with Gasteiger partial charge in [-0.2, -0.15) is 0 Å². The summed E-state index contributed by atoms with van der Waals surface area (Å²) < 4.78 is 17.9. The summed E-state index contributed by atoms with van der Waals surface area (Å²) in [6.45, 7) is 2.44. The van der Waals surface area contributed by atoms with Crippen LogP contribution in [0.5, 0.6) is 11.5 Å². The predicted molar refractivity (Wildman–Crippen MR) is 150 cm³/mol. The van der Waals surface area contributed by atoms with Crippen molar-refractivity contribution in [3.05, 3.63) is 97.5 Å². The molecule has 37 heavy (non-hydrogen) atoms. The van der Waals surface area contributed by atoms with E-state index in [9.17, 15) is 4.79 Å². The first-order chi connectivity index (χ1) is 17.9. The van der Waals surface area contributed by atoms with Crippen LogP contribution in [-0.2, 0) is 11.3 Å². The lowest BCUT2D eigenvalue weighted by Crippen LogP contribution is -2.29. The van der Waals surface area contributed by atoms with Crippen LogP contribution in [0.3, 0.4) is 0 Å². The number of ether oxygens (including phenoxy) is 3. The molecule has 8 heteroatoms. The van der Waals surface area contributed by atoms with Gasteiger partial charge in [0.25, 0.3) is 0 Å². The van der Waals surface area contributed by atoms with Crippen LogP contribution in [0.2, 0.25) is 10.0 Å². The van der Waals surface area contributed by atoms with E-state index >= 15 is 0 Å². The zero-order chi connectivity index (χ0) is 26.1. The fourth-order valence-corrected chi connectivity index (χ4v) is 6.15. The molecule has 0 saturated carbocycles. The topological polar surface area (TPSA) is 56.8 Å². The second-order valence-electron chi connectivity index (χ2n) is 9.06. The third-order valence-corrected chi connectivity index (χ3v) is 8.05. The van der Waals surface area contributed by atoms with Crippen molar-refractivity contribution in [1.29, 1.82) is 0 Å². The molecule has 0 aromatic heterocycles. The molecule has 0 radical (unpaired) electrons. The van der Waals surface area contributed by atoms with E-state index in [2.05, 4.69) is 39.5 Å². The van der Waals surface area contributed by atoms with Crippen molar-refractivity contribution in [2.45, 2.75) is 31.9 Å². The highest BCUT2D eigenvalue weighted by atomic mass is 79.9. The average molecular weight is 603 g/mol. The molecule has 3 aromatic carbocycles. The Labute approximate surface area is 234 Å². The van der Waals surface area contributed by atoms with Gasteiger partial charge in [0.1, 0.15) is 6.61 Å². The summed E-state index contributed by atoms with van der Waals surface area (Å²) in [5, 5.41) is 4.84. The Morgan fingerprint density at radius 1 is 1.14 bits per heavy atom. The third-order valence-electron chi connectivity index (χ3n) is 6.87. The van der Waals surface area contributed by atoms with Crippen LogP contribution < -0.4 is 14.8 Å². The van der Waals surface area contributed by atoms with E-state index in [4.69, 9.17) is 37.4 Å². The van der Waals surface area contributed by atoms with Crippen molar-refractivity contribution >= 4 is 50.8 Å². The highest BCUT2D eigenvalue weighted by molar-refractivity contribution is 9.10. The molecule has 0 spiro atoms. The van der Waals surface area contributed by atoms with E-state index in [0.29, 0.717) is 39.6 Å². The summed E-state index contributed by atoms with van der Waals surface area (Å²) in [7, 11) is 1.63. The van der Waals surface area contributed by atoms with Crippen LogP contribution in [-0.4, -0.2) is 19.7 Å². The summed E-state index contributed by atoms with van der Waals surface area (Å²) in [5.74, 6) is 1.43. The van der Waals surface area contributed by atoms with Gasteiger partial charge in [0.2, 0.25) is 0 Å². The van der Waals surface area contributed by atoms with Gasteiger partial charge in [-0.1, -0.05) is 41.4 Å². The van der Waals surface area contributed by atoms with Gasteiger partial charge in [-0.3, -0.25) is 0 Å². The van der Waals surface area contributed by atoms with Gasteiger partial charge in [0.15, 0.2) is 11.5 Å². The molecule has 1 N–H and O–H groups in total. The van der Waals surface area contributed by atoms with E-state index in [0.717, 1.165) is 33.3 Å². The van der Waals surface area contributed by atoms with E-state index in [1.54, 1.807) is 19.2 Å². The van der Waals surface area contributed by atoms with Gasteiger partial charge in [-0.15, -0.1) is 0 Å². The number of halogens is 3. The van der Waals surface area contributed by atoms with E-state index in [-0.39, 0.29) is 24.5 Å². The van der Waals surface area contributed by atoms with Crippen LogP contribution in [0.1, 0.15) is 52.4 Å². The van der Waals surface area contributed by atoms with Crippen molar-refractivity contribution in [1.82, 2.24) is 0 Å². The number of hydrogen-bond donors (Lipinski definition) is 1. The second kappa shape index (κ2) is 11.0. The Morgan fingerprint density at radius 3 is 2.73 bits per heavy atom. The lowest BCUT2D eigenvalue weighted by Gasteiger charge is -2.38. The molecule has 1 aliphatic carbocycles. The summed E-state index contributed by atoms with van der Waals surface area (Å²) >= 11 is 16.0. The molecule has 0 saturated heterocycles. The maximum absolute atomic E-state index is 12.3. The predicted octanol–water partition coefficient (Wildman–Crippen LogP) is 8.35. The lowest BCUT2D eigenvalue weighted by molar-refractivity contribution is 0.0526. The van der Waals surface area contributed by atoms with E-state index in [1.807, 2.05) is 37.3 Å². The monoisotopic (exact) mass is 601 g/mol. The van der Waals surface area contributed by atoms with Crippen LogP contribution in [0, 0.1) is 5.92 Å². The van der Waals surface area contributed by atoms with Gasteiger partial charge < -0.3 is 19.5 Å². The molecule has 0 amide bonds. The summed E-state index contributed by atoms with van der Waals surface area (Å²) in [6.07, 6.45) is 5.39. The Kier molecular flexibility index (Phi) is 7.70. The maximum Gasteiger partial charge on any atom is 0.338 e. The van der Waals surface area contributed by atoms with Crippen LogP contribution in [0.15, 0.2) is 65.2 Å². The smallest absolute Gasteiger partial charge is 0.338 e. The van der Waals surface area contributed by atoms with E-state index < -0.39 is 0 Å². The van der Waals surface area contributed by atoms with Gasteiger partial charge in [-0.05, 0) is 88.8 Å². The Hall–Kier alpha value is -2.67. The molecule has 5 nitrogen and oxygen atoms in total. The number of carbonyl (C=O) groups excluding carboxylic acids is 1. The third kappa shape index (κ3) is 5.20. The Morgan fingerprint density at radius 2 is 1.97 bits per heavy atom. The van der Waals surface area contributed by atoms with Crippen LogP contribution in [0.4, 0.5) is 5.69 Å². The molecule has 1 heterocycles. The minimum Gasteiger partial charge on any atom is -0.493 e. The molecular weight excluding hydrogens is 577 g/mol. The number of anilines is 1. The molecule has 2 aliphatic rings. The van der Waals surface area contributed by atoms with E-state index in [1.165, 1.54) is 0 Å². The van der Waals surface area contributed by atoms with Crippen LogP contribution >= 0.6 is 39.1 Å².